The topological polar surface area (TPSA) is 122 Å². The SMILES string of the molecule is CC(C)(OC(=O)Nc1ccc2c(c1)N(S(=O)(=O)c1cccc(C(F)(F)F)c1)CCO2)C(F)(F)F.CCC(=O)O. The molecule has 9 nitrogen and oxygen atoms in total. The van der Waals surface area contributed by atoms with Gasteiger partial charge in [-0.2, -0.15) is 26.3 Å². The van der Waals surface area contributed by atoms with Crippen LogP contribution in [0, 0.1) is 0 Å². The summed E-state index contributed by atoms with van der Waals surface area (Å²) in [5.41, 5.74) is -4.21. The Balaban J connectivity index is 0.000000976. The maximum atomic E-state index is 13.1. The smallest absolute Gasteiger partial charge is 0.427 e. The van der Waals surface area contributed by atoms with Crippen LogP contribution >= 0.6 is 0 Å². The van der Waals surface area contributed by atoms with Crippen molar-refractivity contribution < 1.29 is 58.9 Å². The number of alkyl halides is 6. The molecule has 1 amide bonds. The lowest BCUT2D eigenvalue weighted by atomic mass is 10.1. The number of carboxylic acid groups (broad SMARTS) is 1. The van der Waals surface area contributed by atoms with Crippen LogP contribution in [-0.4, -0.2) is 50.5 Å². The first kappa shape index (κ1) is 31.5. The summed E-state index contributed by atoms with van der Waals surface area (Å²) in [6, 6.07) is 6.76. The minimum absolute atomic E-state index is 0.0383. The predicted octanol–water partition coefficient (Wildman–Crippen LogP) is 5.66. The first-order chi connectivity index (χ1) is 17.8. The maximum absolute atomic E-state index is 13.1. The number of rotatable bonds is 5. The lowest BCUT2D eigenvalue weighted by molar-refractivity contribution is -0.242. The fourth-order valence-electron chi connectivity index (χ4n) is 2.91. The Morgan fingerprint density at radius 3 is 2.23 bits per heavy atom. The highest BCUT2D eigenvalue weighted by Crippen LogP contribution is 2.39. The van der Waals surface area contributed by atoms with Gasteiger partial charge in [0.25, 0.3) is 10.0 Å². The van der Waals surface area contributed by atoms with Crippen molar-refractivity contribution >= 4 is 33.5 Å². The molecule has 0 aliphatic carbocycles. The summed E-state index contributed by atoms with van der Waals surface area (Å²) in [5, 5.41) is 9.80. The van der Waals surface area contributed by atoms with Gasteiger partial charge in [-0.25, -0.2) is 13.2 Å². The molecule has 0 saturated heterocycles. The van der Waals surface area contributed by atoms with Crippen molar-refractivity contribution in [1.29, 1.82) is 0 Å². The Bertz CT molecular complexity index is 1310. The zero-order valence-electron chi connectivity index (χ0n) is 20.7. The van der Waals surface area contributed by atoms with Crippen LogP contribution in [-0.2, 0) is 25.7 Å². The number of nitrogens with one attached hydrogen (secondary N) is 1. The minimum atomic E-state index is -4.84. The van der Waals surface area contributed by atoms with E-state index in [1.54, 1.807) is 6.92 Å². The highest BCUT2D eigenvalue weighted by atomic mass is 32.2. The molecule has 0 unspecified atom stereocenters. The zero-order valence-corrected chi connectivity index (χ0v) is 21.5. The van der Waals surface area contributed by atoms with Crippen molar-refractivity contribution in [3.05, 3.63) is 48.0 Å². The van der Waals surface area contributed by atoms with Gasteiger partial charge < -0.3 is 14.6 Å². The molecule has 39 heavy (non-hydrogen) atoms. The van der Waals surface area contributed by atoms with E-state index in [1.807, 2.05) is 0 Å². The first-order valence-corrected chi connectivity index (χ1v) is 12.5. The van der Waals surface area contributed by atoms with Crippen LogP contribution in [0.4, 0.5) is 42.5 Å². The van der Waals surface area contributed by atoms with E-state index >= 15 is 0 Å². The van der Waals surface area contributed by atoms with E-state index in [-0.39, 0.29) is 36.7 Å². The summed E-state index contributed by atoms with van der Waals surface area (Å²) >= 11 is 0. The van der Waals surface area contributed by atoms with E-state index in [0.29, 0.717) is 19.9 Å². The zero-order chi connectivity index (χ0) is 29.8. The number of carboxylic acids is 1. The van der Waals surface area contributed by atoms with Gasteiger partial charge in [-0.3, -0.25) is 14.4 Å². The lowest BCUT2D eigenvalue weighted by Crippen LogP contribution is -2.44. The molecular formula is C23H24F6N2O7S. The fourth-order valence-corrected chi connectivity index (χ4v) is 4.41. The molecule has 2 N–H and O–H groups in total. The highest BCUT2D eigenvalue weighted by Gasteiger charge is 2.51. The number of carbonyl (C=O) groups is 2. The van der Waals surface area contributed by atoms with Gasteiger partial charge in [0.1, 0.15) is 12.4 Å². The van der Waals surface area contributed by atoms with Gasteiger partial charge in [0.15, 0.2) is 0 Å². The Morgan fingerprint density at radius 1 is 1.08 bits per heavy atom. The normalized spacial score (nSPS) is 13.8. The molecule has 16 heteroatoms. The molecule has 0 bridgehead atoms. The number of amides is 1. The van der Waals surface area contributed by atoms with Crippen LogP contribution in [0.1, 0.15) is 32.8 Å². The molecule has 0 saturated carbocycles. The molecule has 1 aliphatic heterocycles. The first-order valence-electron chi connectivity index (χ1n) is 11.0. The van der Waals surface area contributed by atoms with Crippen LogP contribution in [0.5, 0.6) is 5.75 Å². The molecule has 0 spiro atoms. The molecule has 3 rings (SSSR count). The van der Waals surface area contributed by atoms with Gasteiger partial charge in [-0.05, 0) is 50.2 Å². The average Bonchev–Trinajstić information content (AvgIpc) is 2.82. The molecular weight excluding hydrogens is 562 g/mol. The molecule has 2 aromatic rings. The van der Waals surface area contributed by atoms with E-state index in [9.17, 15) is 44.3 Å². The number of hydrogen-bond acceptors (Lipinski definition) is 6. The second-order valence-electron chi connectivity index (χ2n) is 8.40. The number of sulfonamides is 1. The quantitative estimate of drug-likeness (QED) is 0.434. The fraction of sp³-hybridized carbons (Fsp3) is 0.391. The second-order valence-corrected chi connectivity index (χ2v) is 10.3. The number of carbonyl (C=O) groups excluding carboxylic acids is 1. The summed E-state index contributed by atoms with van der Waals surface area (Å²) in [6.07, 6.45) is -10.8. The number of halogens is 6. The Labute approximate surface area is 219 Å². The van der Waals surface area contributed by atoms with Crippen LogP contribution in [0.2, 0.25) is 0 Å². The monoisotopic (exact) mass is 586 g/mol. The molecule has 216 valence electrons. The number of aliphatic carboxylic acids is 1. The van der Waals surface area contributed by atoms with Gasteiger partial charge >= 0.3 is 24.4 Å². The van der Waals surface area contributed by atoms with Gasteiger partial charge in [-0.1, -0.05) is 13.0 Å². The van der Waals surface area contributed by atoms with E-state index in [4.69, 9.17) is 9.84 Å². The summed E-state index contributed by atoms with van der Waals surface area (Å²) in [5.74, 6) is -0.707. The third-order valence-electron chi connectivity index (χ3n) is 5.11. The van der Waals surface area contributed by atoms with Crippen LogP contribution < -0.4 is 14.4 Å². The predicted molar refractivity (Wildman–Crippen MR) is 126 cm³/mol. The van der Waals surface area contributed by atoms with Crippen molar-refractivity contribution in [3.8, 4) is 5.75 Å². The van der Waals surface area contributed by atoms with Crippen molar-refractivity contribution in [3.63, 3.8) is 0 Å². The molecule has 0 fully saturated rings. The number of anilines is 2. The van der Waals surface area contributed by atoms with Crippen molar-refractivity contribution in [2.75, 3.05) is 22.8 Å². The van der Waals surface area contributed by atoms with E-state index in [1.165, 1.54) is 12.1 Å². The van der Waals surface area contributed by atoms with E-state index in [2.05, 4.69) is 10.1 Å². The van der Waals surface area contributed by atoms with Crippen molar-refractivity contribution in [1.82, 2.24) is 0 Å². The number of hydrogen-bond donors (Lipinski definition) is 2. The number of ether oxygens (including phenoxy) is 2. The standard InChI is InChI=1S/C20H18F6N2O5S.C3H6O2/c1-18(2,20(24,25)26)33-17(29)27-13-6-7-16-15(11-13)28(8-9-32-16)34(30,31)14-5-3-4-12(10-14)19(21,22)23;1-2-3(4)5/h3-7,10-11H,8-9H2,1-2H3,(H,27,29);2H2,1H3,(H,4,5). The Morgan fingerprint density at radius 2 is 1.69 bits per heavy atom. The van der Waals surface area contributed by atoms with E-state index < -0.39 is 50.5 Å². The third-order valence-corrected chi connectivity index (χ3v) is 6.92. The maximum Gasteiger partial charge on any atom is 0.427 e. The summed E-state index contributed by atoms with van der Waals surface area (Å²) in [6.45, 7) is 2.52. The Hall–Kier alpha value is -3.69. The summed E-state index contributed by atoms with van der Waals surface area (Å²) in [7, 11) is -4.49. The minimum Gasteiger partial charge on any atom is -0.489 e. The molecule has 0 radical (unpaired) electrons. The average molecular weight is 587 g/mol. The molecule has 0 aromatic heterocycles. The van der Waals surface area contributed by atoms with Crippen LogP contribution in [0.25, 0.3) is 0 Å². The summed E-state index contributed by atoms with van der Waals surface area (Å²) < 4.78 is 115. The van der Waals surface area contributed by atoms with Gasteiger partial charge in [0.05, 0.1) is 22.7 Å². The highest BCUT2D eigenvalue weighted by molar-refractivity contribution is 7.92. The number of nitrogens with zero attached hydrogens (tertiary/aromatic N) is 1. The largest absolute Gasteiger partial charge is 0.489 e. The molecule has 0 atom stereocenters. The lowest BCUT2D eigenvalue weighted by Gasteiger charge is -2.31. The van der Waals surface area contributed by atoms with Gasteiger partial charge in [0, 0.05) is 12.1 Å². The molecule has 1 heterocycles. The van der Waals surface area contributed by atoms with Crippen LogP contribution in [0.3, 0.4) is 0 Å². The van der Waals surface area contributed by atoms with Crippen LogP contribution in [0.15, 0.2) is 47.4 Å². The van der Waals surface area contributed by atoms with Crippen molar-refractivity contribution in [2.24, 2.45) is 0 Å². The third kappa shape index (κ3) is 7.91. The number of benzene rings is 2. The second kappa shape index (κ2) is 11.6. The van der Waals surface area contributed by atoms with Gasteiger partial charge in [0.2, 0.25) is 5.60 Å². The van der Waals surface area contributed by atoms with Crippen molar-refractivity contribution in [2.45, 2.75) is 50.0 Å². The Kier molecular flexibility index (Phi) is 9.37. The van der Waals surface area contributed by atoms with Gasteiger partial charge in [-0.15, -0.1) is 0 Å². The number of fused-ring (bicyclic) bond motifs is 1. The summed E-state index contributed by atoms with van der Waals surface area (Å²) in [4.78, 5) is 20.7. The molecule has 2 aromatic carbocycles. The molecule has 1 aliphatic rings. The van der Waals surface area contributed by atoms with E-state index in [0.717, 1.165) is 28.6 Å².